The Morgan fingerprint density at radius 2 is 1.94 bits per heavy atom. The molecule has 0 saturated carbocycles. The average molecular weight is 309 g/mol. The fourth-order valence-electron chi connectivity index (χ4n) is 1.86. The van der Waals surface area contributed by atoms with Gasteiger partial charge >= 0.3 is 6.36 Å². The van der Waals surface area contributed by atoms with Crippen LogP contribution in [0.4, 0.5) is 13.2 Å². The molecule has 1 aromatic carbocycles. The molecular formula is C11H8BrF3O2. The second kappa shape index (κ2) is 4.33. The van der Waals surface area contributed by atoms with Crippen molar-refractivity contribution >= 4 is 21.7 Å². The maximum absolute atomic E-state index is 12.2. The molecule has 2 nitrogen and oxygen atoms in total. The third kappa shape index (κ3) is 3.00. The van der Waals surface area contributed by atoms with Gasteiger partial charge in [0.2, 0.25) is 0 Å². The van der Waals surface area contributed by atoms with Crippen molar-refractivity contribution in [2.24, 2.45) is 0 Å². The fourth-order valence-corrected chi connectivity index (χ4v) is 2.35. The molecule has 0 unspecified atom stereocenters. The number of ketones is 1. The Balaban J connectivity index is 2.44. The fraction of sp³-hybridized carbons (Fsp3) is 0.364. The normalized spacial score (nSPS) is 15.6. The molecule has 1 aliphatic rings. The molecule has 0 aromatic heterocycles. The zero-order chi connectivity index (χ0) is 12.6. The number of carbonyl (C=O) groups excluding carboxylic acids is 1. The van der Waals surface area contributed by atoms with Crippen LogP contribution in [0.2, 0.25) is 0 Å². The maximum atomic E-state index is 12.2. The van der Waals surface area contributed by atoms with Crippen LogP contribution in [-0.2, 0) is 17.6 Å². The summed E-state index contributed by atoms with van der Waals surface area (Å²) in [5.41, 5.74) is 1.08. The predicted molar refractivity (Wildman–Crippen MR) is 57.9 cm³/mol. The van der Waals surface area contributed by atoms with Crippen molar-refractivity contribution in [3.05, 3.63) is 27.7 Å². The number of ether oxygens (including phenoxy) is 1. The monoisotopic (exact) mass is 308 g/mol. The Morgan fingerprint density at radius 3 is 2.59 bits per heavy atom. The first kappa shape index (κ1) is 12.4. The van der Waals surface area contributed by atoms with Crippen molar-refractivity contribution in [2.45, 2.75) is 25.6 Å². The zero-order valence-electron chi connectivity index (χ0n) is 8.60. The summed E-state index contributed by atoms with van der Waals surface area (Å²) in [6, 6.07) is 2.97. The van der Waals surface area contributed by atoms with Crippen molar-refractivity contribution in [3.8, 4) is 5.75 Å². The number of aryl methyl sites for hydroxylation is 1. The van der Waals surface area contributed by atoms with E-state index in [4.69, 9.17) is 0 Å². The maximum Gasteiger partial charge on any atom is 0.573 e. The van der Waals surface area contributed by atoms with Gasteiger partial charge in [0, 0.05) is 22.9 Å². The lowest BCUT2D eigenvalue weighted by atomic mass is 9.90. The van der Waals surface area contributed by atoms with E-state index < -0.39 is 6.36 Å². The highest BCUT2D eigenvalue weighted by atomic mass is 79.9. The largest absolute Gasteiger partial charge is 0.573 e. The molecule has 0 heterocycles. The summed E-state index contributed by atoms with van der Waals surface area (Å²) in [5.74, 6) is -0.346. The first-order valence-electron chi connectivity index (χ1n) is 4.94. The highest BCUT2D eigenvalue weighted by molar-refractivity contribution is 9.10. The van der Waals surface area contributed by atoms with E-state index in [2.05, 4.69) is 20.7 Å². The van der Waals surface area contributed by atoms with Gasteiger partial charge in [-0.1, -0.05) is 15.9 Å². The molecule has 2 rings (SSSR count). The molecule has 92 valence electrons. The quantitative estimate of drug-likeness (QED) is 0.795. The van der Waals surface area contributed by atoms with Gasteiger partial charge < -0.3 is 4.74 Å². The van der Waals surface area contributed by atoms with Crippen LogP contribution in [0.1, 0.15) is 17.5 Å². The topological polar surface area (TPSA) is 26.3 Å². The minimum absolute atomic E-state index is 0.00796. The molecule has 0 radical (unpaired) electrons. The number of fused-ring (bicyclic) bond motifs is 1. The van der Waals surface area contributed by atoms with Crippen LogP contribution in [0.25, 0.3) is 0 Å². The summed E-state index contributed by atoms with van der Waals surface area (Å²) in [6.07, 6.45) is -3.90. The van der Waals surface area contributed by atoms with Gasteiger partial charge in [0.15, 0.2) is 0 Å². The summed E-state index contributed by atoms with van der Waals surface area (Å²) in [5, 5.41) is 0. The highest BCUT2D eigenvalue weighted by Gasteiger charge is 2.33. The van der Waals surface area contributed by atoms with E-state index in [1.165, 1.54) is 6.07 Å². The summed E-state index contributed by atoms with van der Waals surface area (Å²) in [7, 11) is 0. The minimum Gasteiger partial charge on any atom is -0.405 e. The highest BCUT2D eigenvalue weighted by Crippen LogP contribution is 2.35. The second-order valence-corrected chi connectivity index (χ2v) is 4.72. The first-order valence-corrected chi connectivity index (χ1v) is 5.73. The second-order valence-electron chi connectivity index (χ2n) is 3.80. The van der Waals surface area contributed by atoms with E-state index in [9.17, 15) is 18.0 Å². The standard InChI is InChI=1S/C11H8BrF3O2/c12-7-3-6-1-2-8(16)5-9(6)10(4-7)17-11(13,14)15/h3-4H,1-2,5H2. The lowest BCUT2D eigenvalue weighted by Crippen LogP contribution is -2.21. The number of alkyl halides is 3. The van der Waals surface area contributed by atoms with E-state index in [1.807, 2.05) is 0 Å². The van der Waals surface area contributed by atoms with Crippen molar-refractivity contribution < 1.29 is 22.7 Å². The molecule has 0 N–H and O–H groups in total. The number of rotatable bonds is 1. The predicted octanol–water partition coefficient (Wildman–Crippen LogP) is 3.41. The molecule has 0 aliphatic heterocycles. The SMILES string of the molecule is O=C1CCc2cc(Br)cc(OC(F)(F)F)c2C1. The van der Waals surface area contributed by atoms with Gasteiger partial charge in [-0.3, -0.25) is 4.79 Å². The molecule has 6 heteroatoms. The Hall–Kier alpha value is -1.04. The van der Waals surface area contributed by atoms with E-state index in [-0.39, 0.29) is 18.0 Å². The molecule has 0 saturated heterocycles. The van der Waals surface area contributed by atoms with Crippen LogP contribution in [0.3, 0.4) is 0 Å². The smallest absolute Gasteiger partial charge is 0.405 e. The van der Waals surface area contributed by atoms with Crippen molar-refractivity contribution in [3.63, 3.8) is 0 Å². The zero-order valence-corrected chi connectivity index (χ0v) is 10.2. The molecule has 0 spiro atoms. The number of halogens is 4. The Bertz CT molecular complexity index is 469. The van der Waals surface area contributed by atoms with E-state index in [1.54, 1.807) is 6.07 Å². The summed E-state index contributed by atoms with van der Waals surface area (Å²) < 4.78 is 41.1. The summed E-state index contributed by atoms with van der Waals surface area (Å²) in [6.45, 7) is 0. The number of benzene rings is 1. The van der Waals surface area contributed by atoms with Gasteiger partial charge in [-0.05, 0) is 24.1 Å². The lowest BCUT2D eigenvalue weighted by Gasteiger charge is -2.20. The van der Waals surface area contributed by atoms with E-state index >= 15 is 0 Å². The third-order valence-electron chi connectivity index (χ3n) is 2.54. The Morgan fingerprint density at radius 1 is 1.24 bits per heavy atom. The minimum atomic E-state index is -4.74. The van der Waals surface area contributed by atoms with Crippen LogP contribution >= 0.6 is 15.9 Å². The molecule has 0 amide bonds. The van der Waals surface area contributed by atoms with Crippen LogP contribution in [0.15, 0.2) is 16.6 Å². The van der Waals surface area contributed by atoms with Crippen molar-refractivity contribution in [2.75, 3.05) is 0 Å². The molecule has 17 heavy (non-hydrogen) atoms. The molecule has 0 atom stereocenters. The number of hydrogen-bond donors (Lipinski definition) is 0. The molecular weight excluding hydrogens is 301 g/mol. The van der Waals surface area contributed by atoms with Gasteiger partial charge in [0.1, 0.15) is 11.5 Å². The molecule has 0 fully saturated rings. The van der Waals surface area contributed by atoms with Crippen LogP contribution < -0.4 is 4.74 Å². The van der Waals surface area contributed by atoms with Gasteiger partial charge in [0.05, 0.1) is 0 Å². The van der Waals surface area contributed by atoms with Gasteiger partial charge in [-0.25, -0.2) is 0 Å². The van der Waals surface area contributed by atoms with Crippen molar-refractivity contribution in [1.82, 2.24) is 0 Å². The first-order chi connectivity index (χ1) is 7.85. The van der Waals surface area contributed by atoms with Gasteiger partial charge in [-0.15, -0.1) is 13.2 Å². The van der Waals surface area contributed by atoms with Crippen molar-refractivity contribution in [1.29, 1.82) is 0 Å². The number of carbonyl (C=O) groups is 1. The van der Waals surface area contributed by atoms with Gasteiger partial charge in [-0.2, -0.15) is 0 Å². The average Bonchev–Trinajstić information content (AvgIpc) is 2.16. The third-order valence-corrected chi connectivity index (χ3v) is 3.00. The lowest BCUT2D eigenvalue weighted by molar-refractivity contribution is -0.275. The summed E-state index contributed by atoms with van der Waals surface area (Å²) >= 11 is 3.13. The Kier molecular flexibility index (Phi) is 3.16. The van der Waals surface area contributed by atoms with Gasteiger partial charge in [0.25, 0.3) is 0 Å². The number of Topliss-reactive ketones (excluding diaryl/α,β-unsaturated/α-hetero) is 1. The van der Waals surface area contributed by atoms with E-state index in [0.717, 1.165) is 5.56 Å². The van der Waals surface area contributed by atoms with Crippen LogP contribution in [-0.4, -0.2) is 12.1 Å². The van der Waals surface area contributed by atoms with Crippen LogP contribution in [0.5, 0.6) is 5.75 Å². The number of hydrogen-bond acceptors (Lipinski definition) is 2. The summed E-state index contributed by atoms with van der Waals surface area (Å²) in [4.78, 5) is 11.3. The van der Waals surface area contributed by atoms with E-state index in [0.29, 0.717) is 22.9 Å². The van der Waals surface area contributed by atoms with Crippen LogP contribution in [0, 0.1) is 0 Å². The molecule has 0 bridgehead atoms. The molecule has 1 aromatic rings. The Labute approximate surface area is 104 Å². The molecule has 1 aliphatic carbocycles.